The van der Waals surface area contributed by atoms with E-state index in [9.17, 15) is 0 Å². The second-order valence-corrected chi connectivity index (χ2v) is 7.62. The molecule has 134 valence electrons. The van der Waals surface area contributed by atoms with Crippen LogP contribution in [-0.4, -0.2) is 48.6 Å². The number of hydrogen-bond acceptors (Lipinski definition) is 5. The Morgan fingerprint density at radius 1 is 1.20 bits per heavy atom. The summed E-state index contributed by atoms with van der Waals surface area (Å²) in [6, 6.07) is 8.70. The summed E-state index contributed by atoms with van der Waals surface area (Å²) in [6.07, 6.45) is 1.96. The molecule has 3 rings (SSSR count). The van der Waals surface area contributed by atoms with E-state index in [1.54, 1.807) is 0 Å². The van der Waals surface area contributed by atoms with Crippen LogP contribution in [0.3, 0.4) is 0 Å². The summed E-state index contributed by atoms with van der Waals surface area (Å²) in [7, 11) is 4.14. The number of aryl methyl sites for hydroxylation is 1. The summed E-state index contributed by atoms with van der Waals surface area (Å²) in [4.78, 5) is 13.9. The van der Waals surface area contributed by atoms with Gasteiger partial charge in [-0.3, -0.25) is 0 Å². The highest BCUT2D eigenvalue weighted by Gasteiger charge is 2.19. The van der Waals surface area contributed by atoms with Crippen molar-refractivity contribution < 1.29 is 0 Å². The Hall–Kier alpha value is -1.66. The van der Waals surface area contributed by atoms with E-state index < -0.39 is 0 Å². The van der Waals surface area contributed by atoms with Crippen LogP contribution in [0.2, 0.25) is 0 Å². The van der Waals surface area contributed by atoms with Crippen LogP contribution < -0.4 is 10.2 Å². The topological polar surface area (TPSA) is 44.3 Å². The number of nitrogens with one attached hydrogen (secondary N) is 1. The number of fused-ring (bicyclic) bond motifs is 1. The molecule has 0 bridgehead atoms. The van der Waals surface area contributed by atoms with Crippen LogP contribution in [0.4, 0.5) is 11.8 Å². The van der Waals surface area contributed by atoms with E-state index in [-0.39, 0.29) is 0 Å². The van der Waals surface area contributed by atoms with Gasteiger partial charge in [-0.2, -0.15) is 4.98 Å². The summed E-state index contributed by atoms with van der Waals surface area (Å²) < 4.78 is 1.14. The van der Waals surface area contributed by atoms with E-state index in [1.165, 1.54) is 11.1 Å². The zero-order valence-electron chi connectivity index (χ0n) is 15.2. The number of benzene rings is 1. The maximum absolute atomic E-state index is 4.77. The van der Waals surface area contributed by atoms with Gasteiger partial charge in [0.2, 0.25) is 5.95 Å². The van der Waals surface area contributed by atoms with Crippen molar-refractivity contribution in [2.24, 2.45) is 0 Å². The second-order valence-electron chi connectivity index (χ2n) is 6.71. The summed E-state index contributed by atoms with van der Waals surface area (Å²) in [6.45, 7) is 5.83. The molecule has 1 aliphatic rings. The Bertz CT molecular complexity index is 732. The molecule has 2 aromatic rings. The Balaban J connectivity index is 1.79. The van der Waals surface area contributed by atoms with E-state index >= 15 is 0 Å². The fraction of sp³-hybridized carbons (Fsp3) is 0.474. The quantitative estimate of drug-likeness (QED) is 0.800. The van der Waals surface area contributed by atoms with Crippen LogP contribution in [0.5, 0.6) is 0 Å². The van der Waals surface area contributed by atoms with Crippen molar-refractivity contribution in [2.75, 3.05) is 43.9 Å². The maximum Gasteiger partial charge on any atom is 0.224 e. The van der Waals surface area contributed by atoms with Crippen molar-refractivity contribution in [3.63, 3.8) is 0 Å². The number of anilines is 2. The number of likely N-dealkylation sites (N-methyl/N-ethyl adjacent to an activating group) is 1. The third-order valence-electron chi connectivity index (χ3n) is 4.47. The number of rotatable bonds is 6. The highest BCUT2D eigenvalue weighted by molar-refractivity contribution is 9.10. The smallest absolute Gasteiger partial charge is 0.224 e. The van der Waals surface area contributed by atoms with Crippen molar-refractivity contribution in [1.82, 2.24) is 14.9 Å². The zero-order chi connectivity index (χ0) is 17.8. The summed E-state index contributed by atoms with van der Waals surface area (Å²) in [5, 5.41) is 3.36. The van der Waals surface area contributed by atoms with E-state index in [0.717, 1.165) is 61.0 Å². The standard InChI is InChI=1S/C19H26BrN5/c1-4-17-12-18(23-19(22-17)21-8-10-24(2)3)25-9-7-14-5-6-16(20)11-15(14)13-25/h5-6,11-12H,4,7-10,13H2,1-3H3,(H,21,22,23). The minimum absolute atomic E-state index is 0.733. The largest absolute Gasteiger partial charge is 0.353 e. The molecule has 1 N–H and O–H groups in total. The lowest BCUT2D eigenvalue weighted by atomic mass is 10.00. The number of hydrogen-bond donors (Lipinski definition) is 1. The SMILES string of the molecule is CCc1cc(N2CCc3ccc(Br)cc3C2)nc(NCCN(C)C)n1. The average Bonchev–Trinajstić information content (AvgIpc) is 2.60. The lowest BCUT2D eigenvalue weighted by molar-refractivity contribution is 0.425. The van der Waals surface area contributed by atoms with Crippen molar-refractivity contribution in [1.29, 1.82) is 0 Å². The van der Waals surface area contributed by atoms with E-state index in [0.29, 0.717) is 0 Å². The van der Waals surface area contributed by atoms with Gasteiger partial charge in [-0.1, -0.05) is 28.9 Å². The molecule has 0 atom stereocenters. The van der Waals surface area contributed by atoms with Crippen LogP contribution in [0.1, 0.15) is 23.7 Å². The van der Waals surface area contributed by atoms with E-state index in [4.69, 9.17) is 4.98 Å². The third-order valence-corrected chi connectivity index (χ3v) is 4.97. The van der Waals surface area contributed by atoms with E-state index in [1.807, 2.05) is 0 Å². The first-order valence-electron chi connectivity index (χ1n) is 8.84. The zero-order valence-corrected chi connectivity index (χ0v) is 16.8. The van der Waals surface area contributed by atoms with Gasteiger partial charge >= 0.3 is 0 Å². The van der Waals surface area contributed by atoms with Gasteiger partial charge in [0, 0.05) is 42.4 Å². The van der Waals surface area contributed by atoms with Crippen molar-refractivity contribution in [3.05, 3.63) is 45.6 Å². The van der Waals surface area contributed by atoms with E-state index in [2.05, 4.69) is 81.3 Å². The van der Waals surface area contributed by atoms with Gasteiger partial charge in [0.15, 0.2) is 0 Å². The fourth-order valence-corrected chi connectivity index (χ4v) is 3.43. The Kier molecular flexibility index (Phi) is 5.91. The first-order chi connectivity index (χ1) is 12.0. The van der Waals surface area contributed by atoms with Gasteiger partial charge in [-0.05, 0) is 50.2 Å². The maximum atomic E-state index is 4.77. The molecule has 0 radical (unpaired) electrons. The fourth-order valence-electron chi connectivity index (χ4n) is 3.02. The predicted molar refractivity (Wildman–Crippen MR) is 107 cm³/mol. The molecule has 0 amide bonds. The molecule has 1 aromatic heterocycles. The molecule has 0 aliphatic carbocycles. The molecule has 0 fully saturated rings. The van der Waals surface area contributed by atoms with Gasteiger partial charge < -0.3 is 15.1 Å². The monoisotopic (exact) mass is 403 g/mol. The summed E-state index contributed by atoms with van der Waals surface area (Å²) in [5.41, 5.74) is 3.89. The number of halogens is 1. The van der Waals surface area contributed by atoms with Crippen molar-refractivity contribution in [3.8, 4) is 0 Å². The molecule has 1 aliphatic heterocycles. The highest BCUT2D eigenvalue weighted by atomic mass is 79.9. The molecule has 0 saturated carbocycles. The normalized spacial score (nSPS) is 13.9. The molecular weight excluding hydrogens is 378 g/mol. The second kappa shape index (κ2) is 8.15. The van der Waals surface area contributed by atoms with Crippen LogP contribution in [0.25, 0.3) is 0 Å². The summed E-state index contributed by atoms with van der Waals surface area (Å²) in [5.74, 6) is 1.75. The van der Waals surface area contributed by atoms with Crippen LogP contribution in [0.15, 0.2) is 28.7 Å². The lowest BCUT2D eigenvalue weighted by Gasteiger charge is -2.30. The molecule has 6 heteroatoms. The minimum Gasteiger partial charge on any atom is -0.353 e. The summed E-state index contributed by atoms with van der Waals surface area (Å²) >= 11 is 3.58. The van der Waals surface area contributed by atoms with Gasteiger partial charge in [-0.15, -0.1) is 0 Å². The van der Waals surface area contributed by atoms with Crippen molar-refractivity contribution >= 4 is 27.7 Å². The first kappa shape index (κ1) is 18.1. The average molecular weight is 404 g/mol. The molecule has 0 saturated heterocycles. The minimum atomic E-state index is 0.733. The Morgan fingerprint density at radius 2 is 2.04 bits per heavy atom. The number of aromatic nitrogens is 2. The van der Waals surface area contributed by atoms with Crippen LogP contribution in [0, 0.1) is 0 Å². The van der Waals surface area contributed by atoms with Gasteiger partial charge in [0.25, 0.3) is 0 Å². The Morgan fingerprint density at radius 3 is 2.80 bits per heavy atom. The van der Waals surface area contributed by atoms with Gasteiger partial charge in [-0.25, -0.2) is 4.98 Å². The Labute approximate surface area is 158 Å². The number of nitrogens with zero attached hydrogens (tertiary/aromatic N) is 4. The third kappa shape index (κ3) is 4.70. The molecule has 2 heterocycles. The highest BCUT2D eigenvalue weighted by Crippen LogP contribution is 2.26. The molecule has 25 heavy (non-hydrogen) atoms. The van der Waals surface area contributed by atoms with Gasteiger partial charge in [0.1, 0.15) is 5.82 Å². The lowest BCUT2D eigenvalue weighted by Crippen LogP contribution is -2.31. The molecule has 0 unspecified atom stereocenters. The van der Waals surface area contributed by atoms with Crippen LogP contribution in [-0.2, 0) is 19.4 Å². The first-order valence-corrected chi connectivity index (χ1v) is 9.63. The van der Waals surface area contributed by atoms with Crippen molar-refractivity contribution in [2.45, 2.75) is 26.3 Å². The predicted octanol–water partition coefficient (Wildman–Crippen LogP) is 3.34. The van der Waals surface area contributed by atoms with Gasteiger partial charge in [0.05, 0.1) is 0 Å². The molecule has 5 nitrogen and oxygen atoms in total. The molecule has 0 spiro atoms. The van der Waals surface area contributed by atoms with Crippen LogP contribution >= 0.6 is 15.9 Å². The molecular formula is C19H26BrN5. The molecule has 1 aromatic carbocycles.